The number of nitrogens with two attached hydrogens (primary N) is 1. The summed E-state index contributed by atoms with van der Waals surface area (Å²) in [6, 6.07) is -3.31. The van der Waals surface area contributed by atoms with Crippen LogP contribution < -0.4 is 48.4 Å². The molecule has 3 heterocycles. The molecule has 3 aliphatic heterocycles. The van der Waals surface area contributed by atoms with E-state index >= 15 is 0 Å². The first-order chi connectivity index (χ1) is 28.0. The summed E-state index contributed by atoms with van der Waals surface area (Å²) in [6.45, 7) is 4.45. The molecular formula is C37H62N10O11S. The minimum absolute atomic E-state index is 0.0380. The van der Waals surface area contributed by atoms with Gasteiger partial charge in [-0.1, -0.05) is 20.3 Å². The predicted molar refractivity (Wildman–Crippen MR) is 214 cm³/mol. The number of aliphatic hydroxyl groups is 1. The topological polar surface area (TPSA) is 320 Å². The zero-order valence-corrected chi connectivity index (χ0v) is 34.8. The number of likely N-dealkylation sites (tertiary alicyclic amines) is 1. The Hall–Kier alpha value is -4.70. The standard InChI is InChI=1S/C37H62N10O11S/c1-20(2)15-22(16-28(50)46-58)36(56)47-14-8-10-25(47)34(54)44-31(21(3)48)35(55)41-17-29(51)40-18-30(52)42-23(33(38)53)9-6-7-13-39-27(49)12-5-4-11-26-32-24(19-59-26)43-37(57)45-32/h20-26,31-32,48,58H,4-19H2,1-3H3,(H2,38,53)(H,39,49)(H,40,51)(H,41,55)(H,42,52)(H,44,54)(H,46,50)(H2,43,45,57)/t21-,22?,23+,24+,25+,26+,31+,32+/m1/s1. The molecule has 0 aromatic rings. The van der Waals surface area contributed by atoms with Gasteiger partial charge in [-0.15, -0.1) is 0 Å². The first kappa shape index (κ1) is 48.7. The number of hydrogen-bond donors (Lipinski definition) is 11. The number of aliphatic hydroxyl groups excluding tert-OH is 1. The average Bonchev–Trinajstić information content (AvgIpc) is 3.92. The van der Waals surface area contributed by atoms with Gasteiger partial charge in [-0.2, -0.15) is 11.8 Å². The summed E-state index contributed by atoms with van der Waals surface area (Å²) in [5.41, 5.74) is 6.99. The number of carbonyl (C=O) groups excluding carboxylic acids is 9. The molecule has 10 amide bonds. The Morgan fingerprint density at radius 3 is 2.31 bits per heavy atom. The highest BCUT2D eigenvalue weighted by atomic mass is 32.2. The lowest BCUT2D eigenvalue weighted by molar-refractivity contribution is -0.145. The second kappa shape index (κ2) is 24.4. The molecule has 0 aromatic carbocycles. The number of thioether (sulfide) groups is 1. The molecular weight excluding hydrogens is 793 g/mol. The number of urea groups is 1. The van der Waals surface area contributed by atoms with Gasteiger partial charge in [-0.3, -0.25) is 43.6 Å². The third-order valence-electron chi connectivity index (χ3n) is 10.4. The Bertz CT molecular complexity index is 1520. The number of nitrogens with one attached hydrogen (secondary N) is 8. The zero-order chi connectivity index (χ0) is 43.6. The summed E-state index contributed by atoms with van der Waals surface area (Å²) in [6.07, 6.45) is 3.49. The van der Waals surface area contributed by atoms with Gasteiger partial charge in [0.15, 0.2) is 0 Å². The largest absolute Gasteiger partial charge is 0.391 e. The summed E-state index contributed by atoms with van der Waals surface area (Å²) >= 11 is 1.83. The molecule has 0 aliphatic carbocycles. The molecule has 12 N–H and O–H groups in total. The van der Waals surface area contributed by atoms with E-state index in [0.717, 1.165) is 25.0 Å². The number of primary amides is 1. The van der Waals surface area contributed by atoms with Gasteiger partial charge in [0.25, 0.3) is 0 Å². The van der Waals surface area contributed by atoms with E-state index in [4.69, 9.17) is 10.9 Å². The number of fused-ring (bicyclic) bond motifs is 1. The summed E-state index contributed by atoms with van der Waals surface area (Å²) < 4.78 is 0. The Morgan fingerprint density at radius 1 is 0.898 bits per heavy atom. The molecule has 0 saturated carbocycles. The van der Waals surface area contributed by atoms with E-state index in [1.807, 2.05) is 25.6 Å². The molecule has 3 rings (SSSR count). The molecule has 22 heteroatoms. The van der Waals surface area contributed by atoms with Crippen LogP contribution in [0.5, 0.6) is 0 Å². The number of nitrogens with zero attached hydrogens (tertiary/aromatic N) is 1. The highest BCUT2D eigenvalue weighted by Crippen LogP contribution is 2.33. The number of rotatable bonds is 25. The average molecular weight is 855 g/mol. The van der Waals surface area contributed by atoms with Crippen molar-refractivity contribution in [1.29, 1.82) is 0 Å². The molecule has 1 unspecified atom stereocenters. The second-order valence-electron chi connectivity index (χ2n) is 15.7. The van der Waals surface area contributed by atoms with Gasteiger partial charge in [-0.05, 0) is 64.2 Å². The number of hydroxylamine groups is 1. The third kappa shape index (κ3) is 16.1. The van der Waals surface area contributed by atoms with E-state index in [-0.39, 0.29) is 55.7 Å². The summed E-state index contributed by atoms with van der Waals surface area (Å²) in [5, 5.41) is 37.9. The van der Waals surface area contributed by atoms with Gasteiger partial charge >= 0.3 is 6.03 Å². The van der Waals surface area contributed by atoms with E-state index in [9.17, 15) is 48.3 Å². The Kier molecular flexibility index (Phi) is 20.1. The molecule has 21 nitrogen and oxygen atoms in total. The predicted octanol–water partition coefficient (Wildman–Crippen LogP) is -2.38. The van der Waals surface area contributed by atoms with Crippen LogP contribution in [0.25, 0.3) is 0 Å². The fraction of sp³-hybridized carbons (Fsp3) is 0.757. The SMILES string of the molecule is CC(C)CC(CC(=O)NO)C(=O)N1CCC[C@H]1C(=O)N[C@H](C(=O)NCC(=O)NCC(=O)N[C@@H](CCCCNC(=O)CCCC[C@@H]1SC[C@@H]2NC(=O)N[C@@H]21)C(N)=O)[C@@H](C)O. The van der Waals surface area contributed by atoms with Crippen LogP contribution in [0.3, 0.4) is 0 Å². The van der Waals surface area contributed by atoms with E-state index in [1.54, 1.807) is 0 Å². The van der Waals surface area contributed by atoms with Crippen LogP contribution in [0.1, 0.15) is 91.4 Å². The first-order valence-electron chi connectivity index (χ1n) is 20.3. The van der Waals surface area contributed by atoms with Crippen LogP contribution in [-0.4, -0.2) is 142 Å². The van der Waals surface area contributed by atoms with Crippen LogP contribution in [0.15, 0.2) is 0 Å². The number of hydrogen-bond acceptors (Lipinski definition) is 12. The lowest BCUT2D eigenvalue weighted by Gasteiger charge is -2.30. The minimum Gasteiger partial charge on any atom is -0.391 e. The van der Waals surface area contributed by atoms with Crippen molar-refractivity contribution >= 4 is 65.1 Å². The van der Waals surface area contributed by atoms with Crippen LogP contribution in [0.2, 0.25) is 0 Å². The van der Waals surface area contributed by atoms with Crippen molar-refractivity contribution in [2.24, 2.45) is 17.6 Å². The fourth-order valence-electron chi connectivity index (χ4n) is 7.42. The lowest BCUT2D eigenvalue weighted by atomic mass is 9.92. The molecule has 0 radical (unpaired) electrons. The minimum atomic E-state index is -1.50. The van der Waals surface area contributed by atoms with Crippen molar-refractivity contribution in [2.75, 3.05) is 31.9 Å². The quantitative estimate of drug-likeness (QED) is 0.0199. The van der Waals surface area contributed by atoms with Crippen LogP contribution in [0.4, 0.5) is 4.79 Å². The lowest BCUT2D eigenvalue weighted by Crippen LogP contribution is -2.58. The fourth-order valence-corrected chi connectivity index (χ4v) is 8.96. The van der Waals surface area contributed by atoms with E-state index in [2.05, 4.69) is 37.2 Å². The summed E-state index contributed by atoms with van der Waals surface area (Å²) in [7, 11) is 0. The normalized spacial score (nSPS) is 21.5. The van der Waals surface area contributed by atoms with Crippen molar-refractivity contribution in [3.63, 3.8) is 0 Å². The van der Waals surface area contributed by atoms with Gasteiger partial charge in [0.2, 0.25) is 47.3 Å². The van der Waals surface area contributed by atoms with Crippen LogP contribution in [-0.2, 0) is 38.4 Å². The van der Waals surface area contributed by atoms with Crippen molar-refractivity contribution in [2.45, 2.75) is 133 Å². The monoisotopic (exact) mass is 854 g/mol. The number of carbonyl (C=O) groups is 9. The Labute approximate surface area is 347 Å². The maximum absolute atomic E-state index is 13.4. The van der Waals surface area contributed by atoms with Crippen molar-refractivity contribution in [1.82, 2.24) is 47.6 Å². The molecule has 0 spiro atoms. The van der Waals surface area contributed by atoms with Crippen molar-refractivity contribution in [3.8, 4) is 0 Å². The maximum atomic E-state index is 13.4. The molecule has 0 aromatic heterocycles. The molecule has 59 heavy (non-hydrogen) atoms. The van der Waals surface area contributed by atoms with E-state index in [0.29, 0.717) is 43.9 Å². The third-order valence-corrected chi connectivity index (χ3v) is 11.9. The van der Waals surface area contributed by atoms with Crippen molar-refractivity contribution < 1.29 is 53.5 Å². The first-order valence-corrected chi connectivity index (χ1v) is 21.4. The smallest absolute Gasteiger partial charge is 0.315 e. The van der Waals surface area contributed by atoms with Crippen LogP contribution >= 0.6 is 11.8 Å². The van der Waals surface area contributed by atoms with Gasteiger partial charge in [0.05, 0.1) is 31.3 Å². The summed E-state index contributed by atoms with van der Waals surface area (Å²) in [5.74, 6) is -5.01. The zero-order valence-electron chi connectivity index (χ0n) is 34.0. The van der Waals surface area contributed by atoms with Gasteiger partial charge in [0.1, 0.15) is 18.1 Å². The molecule has 332 valence electrons. The number of unbranched alkanes of at least 4 members (excludes halogenated alkanes) is 2. The highest BCUT2D eigenvalue weighted by molar-refractivity contribution is 8.00. The van der Waals surface area contributed by atoms with Gasteiger partial charge in [0, 0.05) is 42.9 Å². The second-order valence-corrected chi connectivity index (χ2v) is 17.0. The Balaban J connectivity index is 1.33. The molecule has 3 aliphatic rings. The Morgan fingerprint density at radius 2 is 1.63 bits per heavy atom. The molecule has 8 atom stereocenters. The van der Waals surface area contributed by atoms with Gasteiger partial charge in [-0.25, -0.2) is 10.3 Å². The van der Waals surface area contributed by atoms with Crippen molar-refractivity contribution in [3.05, 3.63) is 0 Å². The molecule has 3 saturated heterocycles. The molecule has 0 bridgehead atoms. The van der Waals surface area contributed by atoms with Crippen LogP contribution in [0, 0.1) is 11.8 Å². The highest BCUT2D eigenvalue weighted by Gasteiger charge is 2.43. The molecule has 3 fully saturated rings. The summed E-state index contributed by atoms with van der Waals surface area (Å²) in [4.78, 5) is 114. The number of amides is 10. The van der Waals surface area contributed by atoms with Gasteiger partial charge < -0.3 is 53.0 Å². The maximum Gasteiger partial charge on any atom is 0.315 e. The van der Waals surface area contributed by atoms with E-state index < -0.39 is 84.6 Å². The van der Waals surface area contributed by atoms with E-state index in [1.165, 1.54) is 17.3 Å².